The number of imidazole rings is 1. The van der Waals surface area contributed by atoms with Crippen molar-refractivity contribution in [3.63, 3.8) is 0 Å². The Morgan fingerprint density at radius 2 is 1.61 bits per heavy atom. The number of halogens is 3. The van der Waals surface area contributed by atoms with Gasteiger partial charge < -0.3 is 14.6 Å². The molecule has 0 saturated heterocycles. The molecule has 6 nitrogen and oxygen atoms in total. The largest absolute Gasteiger partial charge is 0.505 e. The predicted octanol–water partition coefficient (Wildman–Crippen LogP) is 5.00. The molecule has 5 aromatic rings. The molecule has 9 heteroatoms. The van der Waals surface area contributed by atoms with Crippen molar-refractivity contribution in [2.24, 2.45) is 0 Å². The minimum atomic E-state index is -0.914. The molecule has 33 heavy (non-hydrogen) atoms. The maximum Gasteiger partial charge on any atom is 0.219 e. The van der Waals surface area contributed by atoms with Crippen LogP contribution in [0, 0.1) is 17.5 Å². The number of hydrogen-bond donors (Lipinski definition) is 2. The first kappa shape index (κ1) is 20.6. The van der Waals surface area contributed by atoms with E-state index in [-0.39, 0.29) is 52.6 Å². The zero-order chi connectivity index (χ0) is 23.1. The van der Waals surface area contributed by atoms with Crippen LogP contribution in [0.4, 0.5) is 13.2 Å². The third kappa shape index (κ3) is 3.67. The lowest BCUT2D eigenvalue weighted by atomic mass is 10.1. The van der Waals surface area contributed by atoms with Gasteiger partial charge in [0, 0.05) is 23.7 Å². The zero-order valence-electron chi connectivity index (χ0n) is 17.0. The Balaban J connectivity index is 1.72. The van der Waals surface area contributed by atoms with Gasteiger partial charge in [0.05, 0.1) is 24.1 Å². The Hall–Kier alpha value is -4.27. The van der Waals surface area contributed by atoms with Crippen LogP contribution in [0.15, 0.2) is 65.4 Å². The van der Waals surface area contributed by atoms with Crippen molar-refractivity contribution in [2.45, 2.75) is 12.8 Å². The third-order valence-electron chi connectivity index (χ3n) is 5.30. The molecular formula is C24H16F3N3O3. The smallest absolute Gasteiger partial charge is 0.219 e. The number of nitrogens with zero attached hydrogens (tertiary/aromatic N) is 3. The third-order valence-corrected chi connectivity index (χ3v) is 5.30. The van der Waals surface area contributed by atoms with Crippen LogP contribution in [-0.4, -0.2) is 24.6 Å². The lowest BCUT2D eigenvalue weighted by molar-refractivity contribution is 0.433. The van der Waals surface area contributed by atoms with Crippen LogP contribution < -0.4 is 0 Å². The van der Waals surface area contributed by atoms with Crippen molar-refractivity contribution in [1.82, 2.24) is 14.4 Å². The number of benzene rings is 2. The van der Waals surface area contributed by atoms with Gasteiger partial charge in [-0.25, -0.2) is 23.1 Å². The molecular weight excluding hydrogens is 435 g/mol. The molecule has 2 aromatic carbocycles. The summed E-state index contributed by atoms with van der Waals surface area (Å²) in [5.74, 6) is -2.73. The van der Waals surface area contributed by atoms with Gasteiger partial charge in [-0.2, -0.15) is 0 Å². The van der Waals surface area contributed by atoms with E-state index in [1.54, 1.807) is 12.1 Å². The summed E-state index contributed by atoms with van der Waals surface area (Å²) in [4.78, 5) is 8.82. The molecule has 0 spiro atoms. The summed E-state index contributed by atoms with van der Waals surface area (Å²) in [6.07, 6.45) is 2.69. The molecule has 0 saturated carbocycles. The highest BCUT2D eigenvalue weighted by atomic mass is 19.1. The Kier molecular flexibility index (Phi) is 5.01. The van der Waals surface area contributed by atoms with Gasteiger partial charge in [-0.3, -0.25) is 4.40 Å². The van der Waals surface area contributed by atoms with Gasteiger partial charge in [-0.1, -0.05) is 12.1 Å². The summed E-state index contributed by atoms with van der Waals surface area (Å²) in [6, 6.07) is 10.9. The van der Waals surface area contributed by atoms with Crippen LogP contribution in [0.25, 0.3) is 16.9 Å². The Bertz CT molecular complexity index is 1460. The summed E-state index contributed by atoms with van der Waals surface area (Å²) in [5.41, 5.74) is 0.264. The van der Waals surface area contributed by atoms with E-state index in [9.17, 15) is 23.4 Å². The number of rotatable bonds is 5. The SMILES string of the molecule is Oc1cccc(-c2cn3c(O)c(Cc4ccco4)nc3c(Cc3c(F)cccc3F)n2)c1F. The van der Waals surface area contributed by atoms with Crippen molar-refractivity contribution in [3.05, 3.63) is 101 Å². The minimum Gasteiger partial charge on any atom is -0.505 e. The van der Waals surface area contributed by atoms with E-state index in [2.05, 4.69) is 9.97 Å². The number of aromatic nitrogens is 3. The molecule has 0 aliphatic carbocycles. The second-order valence-electron chi connectivity index (χ2n) is 7.42. The van der Waals surface area contributed by atoms with E-state index in [0.29, 0.717) is 5.76 Å². The molecule has 0 atom stereocenters. The highest BCUT2D eigenvalue weighted by Gasteiger charge is 2.22. The van der Waals surface area contributed by atoms with E-state index >= 15 is 0 Å². The average molecular weight is 451 g/mol. The predicted molar refractivity (Wildman–Crippen MR) is 112 cm³/mol. The highest BCUT2D eigenvalue weighted by Crippen LogP contribution is 2.32. The van der Waals surface area contributed by atoms with E-state index in [1.807, 2.05) is 0 Å². The summed E-state index contributed by atoms with van der Waals surface area (Å²) in [5, 5.41) is 20.6. The van der Waals surface area contributed by atoms with Gasteiger partial charge in [-0.05, 0) is 36.4 Å². The number of fused-ring (bicyclic) bond motifs is 1. The van der Waals surface area contributed by atoms with Crippen LogP contribution in [0.3, 0.4) is 0 Å². The van der Waals surface area contributed by atoms with Gasteiger partial charge in [0.25, 0.3) is 0 Å². The van der Waals surface area contributed by atoms with Gasteiger partial charge in [0.15, 0.2) is 17.2 Å². The van der Waals surface area contributed by atoms with Crippen LogP contribution in [0.1, 0.15) is 22.7 Å². The van der Waals surface area contributed by atoms with Crippen molar-refractivity contribution in [1.29, 1.82) is 0 Å². The normalized spacial score (nSPS) is 11.4. The standard InChI is InChI=1S/C24H16F3N3O3/c25-16-6-2-7-17(26)15(16)11-18-23-29-19(10-13-4-3-9-33-13)24(32)30(23)12-20(28-18)14-5-1-8-21(31)22(14)27/h1-9,12,31-32H,10-11H2. The lowest BCUT2D eigenvalue weighted by Crippen LogP contribution is -2.04. The number of phenols is 1. The number of phenolic OH excluding ortho intramolecular Hbond substituents is 1. The molecule has 0 amide bonds. The molecule has 2 N–H and O–H groups in total. The summed E-state index contributed by atoms with van der Waals surface area (Å²) in [6.45, 7) is 0. The first-order valence-corrected chi connectivity index (χ1v) is 9.95. The molecule has 3 aromatic heterocycles. The second-order valence-corrected chi connectivity index (χ2v) is 7.42. The molecule has 166 valence electrons. The van der Waals surface area contributed by atoms with Gasteiger partial charge >= 0.3 is 0 Å². The monoisotopic (exact) mass is 451 g/mol. The Morgan fingerprint density at radius 1 is 0.848 bits per heavy atom. The van der Waals surface area contributed by atoms with E-state index in [4.69, 9.17) is 4.42 Å². The van der Waals surface area contributed by atoms with Crippen molar-refractivity contribution < 1.29 is 27.8 Å². The lowest BCUT2D eigenvalue weighted by Gasteiger charge is -2.10. The molecule has 0 bridgehead atoms. The van der Waals surface area contributed by atoms with E-state index in [1.165, 1.54) is 41.1 Å². The summed E-state index contributed by atoms with van der Waals surface area (Å²) < 4.78 is 49.9. The maximum atomic E-state index is 14.6. The average Bonchev–Trinajstić information content (AvgIpc) is 3.41. The molecule has 0 aliphatic rings. The number of furan rings is 1. The van der Waals surface area contributed by atoms with Gasteiger partial charge in [0.2, 0.25) is 5.88 Å². The van der Waals surface area contributed by atoms with E-state index in [0.717, 1.165) is 12.1 Å². The first-order chi connectivity index (χ1) is 15.9. The minimum absolute atomic E-state index is 0.0416. The van der Waals surface area contributed by atoms with Crippen LogP contribution in [-0.2, 0) is 12.8 Å². The number of aromatic hydroxyl groups is 2. The molecule has 5 rings (SSSR count). The summed E-state index contributed by atoms with van der Waals surface area (Å²) >= 11 is 0. The fourth-order valence-corrected chi connectivity index (χ4v) is 3.67. The van der Waals surface area contributed by atoms with Crippen LogP contribution in [0.2, 0.25) is 0 Å². The zero-order valence-corrected chi connectivity index (χ0v) is 17.0. The Morgan fingerprint density at radius 3 is 2.33 bits per heavy atom. The quantitative estimate of drug-likeness (QED) is 0.393. The maximum absolute atomic E-state index is 14.6. The first-order valence-electron chi connectivity index (χ1n) is 9.95. The van der Waals surface area contributed by atoms with Crippen molar-refractivity contribution in [2.75, 3.05) is 0 Å². The van der Waals surface area contributed by atoms with E-state index < -0.39 is 23.2 Å². The van der Waals surface area contributed by atoms with Crippen molar-refractivity contribution >= 4 is 5.65 Å². The topological polar surface area (TPSA) is 83.8 Å². The van der Waals surface area contributed by atoms with Crippen LogP contribution >= 0.6 is 0 Å². The summed E-state index contributed by atoms with van der Waals surface area (Å²) in [7, 11) is 0. The second kappa shape index (κ2) is 8.01. The fourth-order valence-electron chi connectivity index (χ4n) is 3.67. The van der Waals surface area contributed by atoms with Gasteiger partial charge in [0.1, 0.15) is 23.1 Å². The fraction of sp³-hybridized carbons (Fsp3) is 0.0833. The Labute approximate surface area is 185 Å². The van der Waals surface area contributed by atoms with Crippen LogP contribution in [0.5, 0.6) is 11.6 Å². The molecule has 0 aliphatic heterocycles. The molecule has 0 radical (unpaired) electrons. The number of hydrogen-bond acceptors (Lipinski definition) is 5. The molecule has 3 heterocycles. The molecule has 0 fully saturated rings. The van der Waals surface area contributed by atoms with Gasteiger partial charge in [-0.15, -0.1) is 0 Å². The van der Waals surface area contributed by atoms with Crippen molar-refractivity contribution in [3.8, 4) is 22.9 Å². The molecule has 0 unspecified atom stereocenters. The highest BCUT2D eigenvalue weighted by molar-refractivity contribution is 5.65.